The Morgan fingerprint density at radius 2 is 2.08 bits per heavy atom. The molecule has 2 amide bonds. The zero-order chi connectivity index (χ0) is 17.8. The first-order chi connectivity index (χ1) is 11.8. The summed E-state index contributed by atoms with van der Waals surface area (Å²) in [5.41, 5.74) is 5.80. The highest BCUT2D eigenvalue weighted by Crippen LogP contribution is 2.38. The van der Waals surface area contributed by atoms with Crippen molar-refractivity contribution in [3.63, 3.8) is 0 Å². The summed E-state index contributed by atoms with van der Waals surface area (Å²) in [6.45, 7) is 0.904. The van der Waals surface area contributed by atoms with Gasteiger partial charge in [-0.05, 0) is 19.3 Å². The average Bonchev–Trinajstić information content (AvgIpc) is 3.23. The van der Waals surface area contributed by atoms with Crippen LogP contribution in [0.3, 0.4) is 0 Å². The fourth-order valence-corrected chi connectivity index (χ4v) is 3.98. The van der Waals surface area contributed by atoms with Gasteiger partial charge in [0.2, 0.25) is 11.8 Å². The lowest BCUT2D eigenvalue weighted by molar-refractivity contribution is -0.0317. The lowest BCUT2D eigenvalue weighted by Crippen LogP contribution is -2.35. The monoisotopic (exact) mass is 374 g/mol. The Bertz CT molecular complexity index is 783. The van der Waals surface area contributed by atoms with Gasteiger partial charge in [0.15, 0.2) is 0 Å². The van der Waals surface area contributed by atoms with Gasteiger partial charge >= 0.3 is 16.4 Å². The van der Waals surface area contributed by atoms with Crippen LogP contribution in [-0.4, -0.2) is 64.5 Å². The minimum absolute atomic E-state index is 0.0289. The van der Waals surface area contributed by atoms with Crippen molar-refractivity contribution in [3.8, 4) is 0 Å². The molecule has 0 saturated carbocycles. The first kappa shape index (κ1) is 16.7. The molecule has 0 spiro atoms. The summed E-state index contributed by atoms with van der Waals surface area (Å²) in [4.78, 5) is 13.8. The summed E-state index contributed by atoms with van der Waals surface area (Å²) in [7, 11) is -4.77. The minimum Gasteiger partial charge on any atom is -0.423 e. The van der Waals surface area contributed by atoms with Gasteiger partial charge in [-0.15, -0.1) is 14.5 Å². The maximum Gasteiger partial charge on any atom is 0.418 e. The van der Waals surface area contributed by atoms with Gasteiger partial charge in [0.25, 0.3) is 0 Å². The number of hydrogen-bond acceptors (Lipinski definition) is 9. The molecule has 4 rings (SSSR count). The van der Waals surface area contributed by atoms with Crippen molar-refractivity contribution in [2.75, 3.05) is 13.1 Å². The second kappa shape index (κ2) is 5.88. The third-order valence-corrected chi connectivity index (χ3v) is 5.10. The van der Waals surface area contributed by atoms with Crippen LogP contribution in [0.2, 0.25) is 0 Å². The summed E-state index contributed by atoms with van der Waals surface area (Å²) < 4.78 is 40.8. The lowest BCUT2D eigenvalue weighted by Gasteiger charge is -2.27. The van der Waals surface area contributed by atoms with Crippen molar-refractivity contribution in [3.05, 3.63) is 11.8 Å². The van der Waals surface area contributed by atoms with Crippen molar-refractivity contribution < 1.29 is 26.5 Å². The first-order valence-corrected chi connectivity index (χ1v) is 9.27. The number of amides is 2. The van der Waals surface area contributed by atoms with E-state index < -0.39 is 28.5 Å². The molecule has 1 aromatic rings. The van der Waals surface area contributed by atoms with Crippen LogP contribution in [0, 0.1) is 0 Å². The molecule has 138 valence electrons. The van der Waals surface area contributed by atoms with Crippen LogP contribution < -0.4 is 11.1 Å². The topological polar surface area (TPSA) is 164 Å². The Hall–Kier alpha value is -1.80. The second-order valence-corrected chi connectivity index (χ2v) is 7.44. The Morgan fingerprint density at radius 3 is 2.76 bits per heavy atom. The highest BCUT2D eigenvalue weighted by molar-refractivity contribution is 7.80. The Balaban J connectivity index is 1.51. The van der Waals surface area contributed by atoms with Gasteiger partial charge in [-0.3, -0.25) is 4.55 Å². The molecule has 3 saturated heterocycles. The smallest absolute Gasteiger partial charge is 0.418 e. The number of piperidine rings is 1. The molecule has 0 aromatic carbocycles. The maximum atomic E-state index is 12.4. The van der Waals surface area contributed by atoms with Crippen LogP contribution in [0.4, 0.5) is 4.79 Å². The van der Waals surface area contributed by atoms with E-state index in [2.05, 4.69) is 19.8 Å². The molecule has 3 aliphatic heterocycles. The number of hydroxylamine groups is 2. The summed E-state index contributed by atoms with van der Waals surface area (Å²) in [6, 6.07) is -1.57. The summed E-state index contributed by atoms with van der Waals surface area (Å²) in [6.07, 6.45) is 1.58. The summed E-state index contributed by atoms with van der Waals surface area (Å²) in [5.74, 6) is 0.799. The number of urea groups is 1. The number of aromatic nitrogens is 2. The third kappa shape index (κ3) is 3.08. The molecule has 2 bridgehead atoms. The molecule has 3 aliphatic rings. The van der Waals surface area contributed by atoms with Gasteiger partial charge in [-0.25, -0.2) is 4.79 Å². The molecule has 4 N–H and O–H groups in total. The molecule has 0 unspecified atom stereocenters. The molecule has 13 heteroatoms. The molecular weight excluding hydrogens is 356 g/mol. The number of carbonyl (C=O) groups is 1. The van der Waals surface area contributed by atoms with E-state index in [1.165, 1.54) is 4.90 Å². The maximum absolute atomic E-state index is 12.4. The number of hydrogen-bond donors (Lipinski definition) is 3. The van der Waals surface area contributed by atoms with Gasteiger partial charge in [0, 0.05) is 13.1 Å². The van der Waals surface area contributed by atoms with E-state index in [-0.39, 0.29) is 18.6 Å². The van der Waals surface area contributed by atoms with Gasteiger partial charge < -0.3 is 20.4 Å². The Labute approximate surface area is 143 Å². The molecule has 4 atom stereocenters. The molecular formula is C12H18N6O6S. The highest BCUT2D eigenvalue weighted by Gasteiger charge is 2.49. The van der Waals surface area contributed by atoms with Crippen LogP contribution in [-0.2, 0) is 14.7 Å². The molecule has 0 radical (unpaired) electrons. The molecule has 0 aliphatic carbocycles. The number of carbonyl (C=O) groups excluding carboxylic acids is 1. The predicted molar refractivity (Wildman–Crippen MR) is 80.0 cm³/mol. The van der Waals surface area contributed by atoms with Gasteiger partial charge in [-0.2, -0.15) is 13.5 Å². The molecule has 4 heterocycles. The predicted octanol–water partition coefficient (Wildman–Crippen LogP) is -0.893. The van der Waals surface area contributed by atoms with Crippen LogP contribution >= 0.6 is 0 Å². The third-order valence-electron chi connectivity index (χ3n) is 4.75. The number of nitrogens with one attached hydrogen (secondary N) is 1. The first-order valence-electron chi connectivity index (χ1n) is 7.91. The van der Waals surface area contributed by atoms with Gasteiger partial charge in [0.1, 0.15) is 6.04 Å². The van der Waals surface area contributed by atoms with E-state index in [4.69, 9.17) is 14.7 Å². The fourth-order valence-electron chi connectivity index (χ4n) is 3.59. The summed E-state index contributed by atoms with van der Waals surface area (Å²) >= 11 is 0. The highest BCUT2D eigenvalue weighted by atomic mass is 32.3. The van der Waals surface area contributed by atoms with E-state index in [9.17, 15) is 13.2 Å². The van der Waals surface area contributed by atoms with E-state index in [1.54, 1.807) is 0 Å². The van der Waals surface area contributed by atoms with Crippen molar-refractivity contribution >= 4 is 16.4 Å². The number of nitrogens with two attached hydrogens (primary N) is 1. The van der Waals surface area contributed by atoms with Crippen LogP contribution in [0.1, 0.15) is 43.0 Å². The van der Waals surface area contributed by atoms with Crippen LogP contribution in [0.5, 0.6) is 0 Å². The Morgan fingerprint density at radius 1 is 1.32 bits per heavy atom. The lowest BCUT2D eigenvalue weighted by atomic mass is 10.0. The standard InChI is InChI=1S/C12H18N6O6S/c13-9-3-6(4-14-9)10-15-16-11(23-10)8-2-1-7-5-17(8)12(19)18(7)24-25(20,21)22/h6-9,14H,1-5,13H2,(H,20,21,22)/t6-,7-,8+,9-/m1/s1. The van der Waals surface area contributed by atoms with E-state index in [1.807, 2.05) is 0 Å². The zero-order valence-electron chi connectivity index (χ0n) is 13.1. The Kier molecular flexibility index (Phi) is 3.92. The largest absolute Gasteiger partial charge is 0.423 e. The fraction of sp³-hybridized carbons (Fsp3) is 0.750. The van der Waals surface area contributed by atoms with Crippen molar-refractivity contribution in [2.45, 2.75) is 43.4 Å². The molecule has 3 fully saturated rings. The van der Waals surface area contributed by atoms with Crippen LogP contribution in [0.15, 0.2) is 4.42 Å². The summed E-state index contributed by atoms with van der Waals surface area (Å²) in [5, 5.41) is 11.9. The van der Waals surface area contributed by atoms with Gasteiger partial charge in [-0.1, -0.05) is 0 Å². The number of nitrogens with zero attached hydrogens (tertiary/aromatic N) is 4. The van der Waals surface area contributed by atoms with E-state index in [0.717, 1.165) is 0 Å². The van der Waals surface area contributed by atoms with Crippen molar-refractivity contribution in [1.82, 2.24) is 25.5 Å². The SMILES string of the molecule is N[C@H]1C[C@@H](c2nnc([C@@H]3CC[C@@H]4CN3C(=O)N4OS(=O)(=O)O)o2)CN1. The number of rotatable bonds is 4. The zero-order valence-corrected chi connectivity index (χ0v) is 13.9. The molecule has 12 nitrogen and oxygen atoms in total. The average molecular weight is 374 g/mol. The van der Waals surface area contributed by atoms with Crippen LogP contribution in [0.25, 0.3) is 0 Å². The molecule has 1 aromatic heterocycles. The second-order valence-electron chi connectivity index (χ2n) is 6.44. The molecule has 25 heavy (non-hydrogen) atoms. The van der Waals surface area contributed by atoms with Crippen molar-refractivity contribution in [1.29, 1.82) is 0 Å². The minimum atomic E-state index is -4.77. The quantitative estimate of drug-likeness (QED) is 0.563. The van der Waals surface area contributed by atoms with E-state index in [0.29, 0.717) is 42.7 Å². The van der Waals surface area contributed by atoms with Crippen molar-refractivity contribution in [2.24, 2.45) is 5.73 Å². The number of fused-ring (bicyclic) bond motifs is 2. The van der Waals surface area contributed by atoms with E-state index >= 15 is 0 Å². The van der Waals surface area contributed by atoms with Gasteiger partial charge in [0.05, 0.1) is 18.1 Å². The normalized spacial score (nSPS) is 32.6.